The number of amides is 1. The molecule has 1 fully saturated rings. The van der Waals surface area contributed by atoms with Crippen LogP contribution in [0, 0.1) is 5.41 Å². The third-order valence-electron chi connectivity index (χ3n) is 5.87. The molecule has 0 unspecified atom stereocenters. The number of nitrogens with one attached hydrogen (secondary N) is 3. The van der Waals surface area contributed by atoms with Crippen LogP contribution in [0.15, 0.2) is 60.7 Å². The second kappa shape index (κ2) is 11.5. The summed E-state index contributed by atoms with van der Waals surface area (Å²) in [6.07, 6.45) is 2.25. The van der Waals surface area contributed by atoms with Crippen LogP contribution in [0.5, 0.6) is 0 Å². The first-order chi connectivity index (χ1) is 15.1. The molecule has 3 rings (SSSR count). The SMILES string of the molecule is N=C(N)NCCC[C@@H]1N[C@H](CN)CCN(CC(c2ccccc2)c2ccccc2)C1=O. The fraction of sp³-hybridized carbons (Fsp3) is 0.417. The first-order valence-electron chi connectivity index (χ1n) is 11.0. The van der Waals surface area contributed by atoms with E-state index in [0.717, 1.165) is 12.8 Å². The second-order valence-corrected chi connectivity index (χ2v) is 8.08. The Morgan fingerprint density at radius 2 is 1.74 bits per heavy atom. The summed E-state index contributed by atoms with van der Waals surface area (Å²) in [5.41, 5.74) is 13.7. The maximum Gasteiger partial charge on any atom is 0.239 e. The zero-order valence-electron chi connectivity index (χ0n) is 18.0. The predicted octanol–water partition coefficient (Wildman–Crippen LogP) is 1.60. The molecule has 0 spiro atoms. The van der Waals surface area contributed by atoms with Crippen LogP contribution in [0.2, 0.25) is 0 Å². The molecule has 0 aliphatic carbocycles. The van der Waals surface area contributed by atoms with Gasteiger partial charge in [0.25, 0.3) is 0 Å². The van der Waals surface area contributed by atoms with E-state index in [4.69, 9.17) is 16.9 Å². The van der Waals surface area contributed by atoms with Crippen molar-refractivity contribution in [3.05, 3.63) is 71.8 Å². The average Bonchev–Trinajstić information content (AvgIpc) is 2.94. The molecule has 0 saturated carbocycles. The van der Waals surface area contributed by atoms with Crippen LogP contribution in [-0.2, 0) is 4.79 Å². The van der Waals surface area contributed by atoms with E-state index in [-0.39, 0.29) is 29.9 Å². The molecule has 1 aliphatic rings. The number of guanidine groups is 1. The molecule has 1 saturated heterocycles. The largest absolute Gasteiger partial charge is 0.370 e. The lowest BCUT2D eigenvalue weighted by molar-refractivity contribution is -0.133. The minimum atomic E-state index is -0.281. The van der Waals surface area contributed by atoms with Crippen molar-refractivity contribution in [2.24, 2.45) is 11.5 Å². The highest BCUT2D eigenvalue weighted by Crippen LogP contribution is 2.27. The molecule has 2 aromatic rings. The Morgan fingerprint density at radius 1 is 1.13 bits per heavy atom. The van der Waals surface area contributed by atoms with Gasteiger partial charge in [0.2, 0.25) is 5.91 Å². The van der Waals surface area contributed by atoms with Crippen molar-refractivity contribution in [2.45, 2.75) is 37.3 Å². The molecule has 0 aromatic heterocycles. The molecule has 7 nitrogen and oxygen atoms in total. The van der Waals surface area contributed by atoms with Crippen molar-refractivity contribution < 1.29 is 4.79 Å². The summed E-state index contributed by atoms with van der Waals surface area (Å²) in [4.78, 5) is 15.5. The first kappa shape index (κ1) is 22.8. The third kappa shape index (κ3) is 6.54. The Morgan fingerprint density at radius 3 is 2.29 bits per heavy atom. The maximum absolute atomic E-state index is 13.5. The molecule has 7 heteroatoms. The number of carbonyl (C=O) groups is 1. The lowest BCUT2D eigenvalue weighted by atomic mass is 9.90. The van der Waals surface area contributed by atoms with Gasteiger partial charge in [-0.25, -0.2) is 0 Å². The minimum absolute atomic E-state index is 0.0461. The molecule has 1 amide bonds. The van der Waals surface area contributed by atoms with Gasteiger partial charge in [-0.15, -0.1) is 0 Å². The summed E-state index contributed by atoms with van der Waals surface area (Å²) >= 11 is 0. The topological polar surface area (TPSA) is 120 Å². The summed E-state index contributed by atoms with van der Waals surface area (Å²) in [5, 5.41) is 13.6. The van der Waals surface area contributed by atoms with Gasteiger partial charge in [0.05, 0.1) is 6.04 Å². The van der Waals surface area contributed by atoms with Gasteiger partial charge in [-0.05, 0) is 30.4 Å². The van der Waals surface area contributed by atoms with Crippen LogP contribution in [0.4, 0.5) is 0 Å². The quantitative estimate of drug-likeness (QED) is 0.239. The van der Waals surface area contributed by atoms with Gasteiger partial charge in [-0.1, -0.05) is 60.7 Å². The van der Waals surface area contributed by atoms with Crippen molar-refractivity contribution in [1.29, 1.82) is 5.41 Å². The highest BCUT2D eigenvalue weighted by atomic mass is 16.2. The molecule has 1 aliphatic heterocycles. The summed E-state index contributed by atoms with van der Waals surface area (Å²) in [6, 6.07) is 20.6. The first-order valence-corrected chi connectivity index (χ1v) is 11.0. The standard InChI is InChI=1S/C24H34N6O/c25-16-20-13-15-30(23(31)22(29-20)12-7-14-28-24(26)27)17-21(18-8-3-1-4-9-18)19-10-5-2-6-11-19/h1-6,8-11,20-22,29H,7,12-17,25H2,(H4,26,27,28)/t20-,22-/m0/s1. The minimum Gasteiger partial charge on any atom is -0.370 e. The van der Waals surface area contributed by atoms with Gasteiger partial charge >= 0.3 is 0 Å². The molecule has 0 radical (unpaired) electrons. The van der Waals surface area contributed by atoms with Gasteiger partial charge in [0, 0.05) is 38.1 Å². The zero-order chi connectivity index (χ0) is 22.1. The molecule has 166 valence electrons. The number of nitrogens with two attached hydrogens (primary N) is 2. The number of rotatable bonds is 9. The van der Waals surface area contributed by atoms with E-state index in [9.17, 15) is 4.79 Å². The number of hydrogen-bond donors (Lipinski definition) is 5. The van der Waals surface area contributed by atoms with Crippen LogP contribution >= 0.6 is 0 Å². The summed E-state index contributed by atoms with van der Waals surface area (Å²) < 4.78 is 0. The summed E-state index contributed by atoms with van der Waals surface area (Å²) in [6.45, 7) is 2.40. The van der Waals surface area contributed by atoms with Crippen LogP contribution in [0.25, 0.3) is 0 Å². The van der Waals surface area contributed by atoms with Crippen molar-refractivity contribution in [2.75, 3.05) is 26.2 Å². The molecular formula is C24H34N6O. The Bertz CT molecular complexity index is 789. The molecule has 0 bridgehead atoms. The molecule has 2 aromatic carbocycles. The van der Waals surface area contributed by atoms with E-state index < -0.39 is 0 Å². The number of carbonyl (C=O) groups excluding carboxylic acids is 1. The van der Waals surface area contributed by atoms with Crippen molar-refractivity contribution in [3.8, 4) is 0 Å². The van der Waals surface area contributed by atoms with Gasteiger partial charge in [0.15, 0.2) is 5.96 Å². The highest BCUT2D eigenvalue weighted by Gasteiger charge is 2.31. The third-order valence-corrected chi connectivity index (χ3v) is 5.87. The Balaban J connectivity index is 1.77. The highest BCUT2D eigenvalue weighted by molar-refractivity contribution is 5.82. The van der Waals surface area contributed by atoms with Crippen LogP contribution in [-0.4, -0.2) is 55.0 Å². The molecule has 31 heavy (non-hydrogen) atoms. The maximum atomic E-state index is 13.5. The lowest BCUT2D eigenvalue weighted by Gasteiger charge is -2.29. The van der Waals surface area contributed by atoms with E-state index in [1.54, 1.807) is 0 Å². The van der Waals surface area contributed by atoms with E-state index in [1.165, 1.54) is 11.1 Å². The predicted molar refractivity (Wildman–Crippen MR) is 125 cm³/mol. The Labute approximate surface area is 184 Å². The van der Waals surface area contributed by atoms with E-state index in [0.29, 0.717) is 32.6 Å². The van der Waals surface area contributed by atoms with E-state index >= 15 is 0 Å². The number of hydrogen-bond acceptors (Lipinski definition) is 4. The molecule has 7 N–H and O–H groups in total. The fourth-order valence-corrected chi connectivity index (χ4v) is 4.18. The average molecular weight is 423 g/mol. The van der Waals surface area contributed by atoms with E-state index in [2.05, 4.69) is 34.9 Å². The van der Waals surface area contributed by atoms with Gasteiger partial charge in [0.1, 0.15) is 0 Å². The molecular weight excluding hydrogens is 388 g/mol. The van der Waals surface area contributed by atoms with Crippen LogP contribution in [0.1, 0.15) is 36.3 Å². The van der Waals surface area contributed by atoms with Gasteiger partial charge in [-0.2, -0.15) is 0 Å². The van der Waals surface area contributed by atoms with E-state index in [1.807, 2.05) is 41.3 Å². The van der Waals surface area contributed by atoms with Gasteiger partial charge in [-0.3, -0.25) is 10.2 Å². The smallest absolute Gasteiger partial charge is 0.239 e. The molecule has 1 heterocycles. The number of nitrogens with zero attached hydrogens (tertiary/aromatic N) is 1. The van der Waals surface area contributed by atoms with Crippen molar-refractivity contribution in [1.82, 2.24) is 15.5 Å². The fourth-order valence-electron chi connectivity index (χ4n) is 4.18. The van der Waals surface area contributed by atoms with Crippen molar-refractivity contribution in [3.63, 3.8) is 0 Å². The summed E-state index contributed by atoms with van der Waals surface area (Å²) in [7, 11) is 0. The lowest BCUT2D eigenvalue weighted by Crippen LogP contribution is -2.48. The second-order valence-electron chi connectivity index (χ2n) is 8.08. The zero-order valence-corrected chi connectivity index (χ0v) is 18.0. The normalized spacial score (nSPS) is 19.3. The van der Waals surface area contributed by atoms with Crippen molar-refractivity contribution >= 4 is 11.9 Å². The Hall–Kier alpha value is -2.90. The molecule has 2 atom stereocenters. The Kier molecular flexibility index (Phi) is 8.44. The van der Waals surface area contributed by atoms with Crippen LogP contribution < -0.4 is 22.1 Å². The number of benzene rings is 2. The summed E-state index contributed by atoms with van der Waals surface area (Å²) in [5.74, 6) is 0.187. The monoisotopic (exact) mass is 422 g/mol. The van der Waals surface area contributed by atoms with Gasteiger partial charge < -0.3 is 27.0 Å². The van der Waals surface area contributed by atoms with Crippen LogP contribution in [0.3, 0.4) is 0 Å².